The van der Waals surface area contributed by atoms with Crippen LogP contribution in [0.2, 0.25) is 0 Å². The molecule has 13 heavy (non-hydrogen) atoms. The van der Waals surface area contributed by atoms with Gasteiger partial charge in [0.25, 0.3) is 11.9 Å². The van der Waals surface area contributed by atoms with Crippen LogP contribution in [0.4, 0.5) is 0 Å². The first-order valence-corrected chi connectivity index (χ1v) is 5.33. The Labute approximate surface area is 82.4 Å². The first-order valence-electron chi connectivity index (χ1n) is 3.91. The van der Waals surface area contributed by atoms with Crippen LogP contribution in [0.25, 0.3) is 0 Å². The molecule has 0 amide bonds. The van der Waals surface area contributed by atoms with E-state index in [0.29, 0.717) is 0 Å². The third-order valence-electron chi connectivity index (χ3n) is 0.908. The van der Waals surface area contributed by atoms with E-state index in [2.05, 4.69) is 0 Å². The highest BCUT2D eigenvalue weighted by atomic mass is 27.3. The molecule has 0 saturated heterocycles. The van der Waals surface area contributed by atoms with Crippen LogP contribution < -0.4 is 0 Å². The largest absolute Gasteiger partial charge is 1.10 e. The first kappa shape index (κ1) is 12.4. The maximum atomic E-state index is 10.6. The number of rotatable bonds is 4. The minimum Gasteiger partial charge on any atom is -0.562 e. The number of carbonyl (C=O) groups is 2. The molecule has 0 spiro atoms. The van der Waals surface area contributed by atoms with Crippen molar-refractivity contribution in [3.8, 4) is 0 Å². The molecule has 74 valence electrons. The average Bonchev–Trinajstić information content (AvgIpc) is 1.80. The van der Waals surface area contributed by atoms with Gasteiger partial charge in [-0.05, 0) is 13.8 Å². The highest BCUT2D eigenvalue weighted by molar-refractivity contribution is 6.41. The molecule has 0 aliphatic carbocycles. The van der Waals surface area contributed by atoms with Gasteiger partial charge in [-0.1, -0.05) is 0 Å². The summed E-state index contributed by atoms with van der Waals surface area (Å²) in [5.41, 5.74) is 0. The van der Waals surface area contributed by atoms with E-state index in [-0.39, 0.29) is 6.10 Å². The van der Waals surface area contributed by atoms with Crippen LogP contribution in [0.5, 0.6) is 0 Å². The summed E-state index contributed by atoms with van der Waals surface area (Å²) in [6, 6.07) is 0. The smallest absolute Gasteiger partial charge is 0.562 e. The van der Waals surface area contributed by atoms with Crippen LogP contribution in [0.3, 0.4) is 0 Å². The van der Waals surface area contributed by atoms with Gasteiger partial charge in [-0.15, -0.1) is 0 Å². The summed E-state index contributed by atoms with van der Waals surface area (Å²) in [7, 11) is 0. The van der Waals surface area contributed by atoms with Crippen molar-refractivity contribution in [2.24, 2.45) is 0 Å². The maximum absolute atomic E-state index is 10.6. The molecule has 0 saturated carbocycles. The molecular formula is C7H13AlO5. The Morgan fingerprint density at radius 2 is 1.46 bits per heavy atom. The van der Waals surface area contributed by atoms with E-state index in [9.17, 15) is 9.59 Å². The van der Waals surface area contributed by atoms with Gasteiger partial charge in [-0.2, -0.15) is 0 Å². The second-order valence-electron chi connectivity index (χ2n) is 2.69. The van der Waals surface area contributed by atoms with Gasteiger partial charge in [-0.25, -0.2) is 0 Å². The van der Waals surface area contributed by atoms with Crippen LogP contribution in [-0.2, 0) is 21.0 Å². The zero-order valence-electron chi connectivity index (χ0n) is 8.20. The Balaban J connectivity index is 4.02. The fourth-order valence-corrected chi connectivity index (χ4v) is 1.72. The number of hydrogen-bond acceptors (Lipinski definition) is 5. The van der Waals surface area contributed by atoms with Crippen LogP contribution >= 0.6 is 0 Å². The fourth-order valence-electron chi connectivity index (χ4n) is 0.573. The van der Waals surface area contributed by atoms with Gasteiger partial charge in [0.2, 0.25) is 0 Å². The van der Waals surface area contributed by atoms with Crippen molar-refractivity contribution in [1.29, 1.82) is 0 Å². The van der Waals surface area contributed by atoms with Crippen LogP contribution in [0.1, 0.15) is 27.7 Å². The predicted molar refractivity (Wildman–Crippen MR) is 45.5 cm³/mol. The Kier molecular flexibility index (Phi) is 5.71. The maximum Gasteiger partial charge on any atom is 1.10 e. The van der Waals surface area contributed by atoms with Crippen molar-refractivity contribution in [3.63, 3.8) is 0 Å². The summed E-state index contributed by atoms with van der Waals surface area (Å²) in [6.07, 6.45) is -0.129. The zero-order chi connectivity index (χ0) is 10.4. The number of carbonyl (C=O) groups excluding carboxylic acids is 2. The molecule has 0 bridgehead atoms. The Bertz CT molecular complexity index is 175. The van der Waals surface area contributed by atoms with Crippen molar-refractivity contribution in [2.75, 3.05) is 0 Å². The molecule has 0 rings (SSSR count). The molecule has 0 heterocycles. The minimum atomic E-state index is -2.61. The van der Waals surface area contributed by atoms with Gasteiger partial charge in [0.15, 0.2) is 0 Å². The van der Waals surface area contributed by atoms with Crippen LogP contribution in [0.15, 0.2) is 0 Å². The van der Waals surface area contributed by atoms with Gasteiger partial charge in [-0.3, -0.25) is 9.59 Å². The molecule has 6 heteroatoms. The van der Waals surface area contributed by atoms with Crippen LogP contribution in [0, 0.1) is 0 Å². The van der Waals surface area contributed by atoms with Gasteiger partial charge in [0.05, 0.1) is 0 Å². The molecule has 0 N–H and O–H groups in total. The van der Waals surface area contributed by atoms with E-state index in [0.717, 1.165) is 0 Å². The zero-order valence-corrected chi connectivity index (χ0v) is 9.35. The molecule has 0 unspecified atom stereocenters. The molecule has 0 fully saturated rings. The Morgan fingerprint density at radius 3 is 1.69 bits per heavy atom. The second-order valence-corrected chi connectivity index (χ2v) is 4.01. The minimum absolute atomic E-state index is 0.129. The van der Waals surface area contributed by atoms with Crippen molar-refractivity contribution in [2.45, 2.75) is 33.8 Å². The second kappa shape index (κ2) is 5.97. The lowest BCUT2D eigenvalue weighted by Gasteiger charge is -2.13. The Morgan fingerprint density at radius 1 is 1.08 bits per heavy atom. The molecule has 0 aromatic carbocycles. The lowest BCUT2D eigenvalue weighted by molar-refractivity contribution is -0.141. The molecule has 5 nitrogen and oxygen atoms in total. The summed E-state index contributed by atoms with van der Waals surface area (Å²) in [5.74, 6) is -1.00. The number of hydrogen-bond donors (Lipinski definition) is 0. The topological polar surface area (TPSA) is 61.8 Å². The van der Waals surface area contributed by atoms with E-state index in [1.807, 2.05) is 0 Å². The fraction of sp³-hybridized carbons (Fsp3) is 0.714. The average molecular weight is 204 g/mol. The summed E-state index contributed by atoms with van der Waals surface area (Å²) in [5, 5.41) is 0. The predicted octanol–water partition coefficient (Wildman–Crippen LogP) is 0.522. The van der Waals surface area contributed by atoms with Crippen molar-refractivity contribution >= 4 is 27.1 Å². The summed E-state index contributed by atoms with van der Waals surface area (Å²) < 4.78 is 14.5. The quantitative estimate of drug-likeness (QED) is 0.625. The van der Waals surface area contributed by atoms with Gasteiger partial charge in [0, 0.05) is 20.0 Å². The normalized spacial score (nSPS) is 9.62. The van der Waals surface area contributed by atoms with Crippen molar-refractivity contribution < 1.29 is 21.0 Å². The highest BCUT2D eigenvalue weighted by Crippen LogP contribution is 1.98. The van der Waals surface area contributed by atoms with Crippen LogP contribution in [-0.4, -0.2) is 33.2 Å². The SMILES string of the molecule is CC(=O)[O][Al]([O]C(C)=O)[O]C(C)C. The third kappa shape index (κ3) is 7.78. The van der Waals surface area contributed by atoms with E-state index in [1.165, 1.54) is 13.8 Å². The standard InChI is InChI=1S/C3H7O.2C2H4O2.Al/c1-3(2)4;2*1-2(3)4;/h3H,1-2H3;2*1H3,(H,3,4);/q-1;;;+3/p-2. The lowest BCUT2D eigenvalue weighted by Crippen LogP contribution is -2.33. The van der Waals surface area contributed by atoms with Gasteiger partial charge >= 0.3 is 15.1 Å². The molecule has 0 aromatic heterocycles. The summed E-state index contributed by atoms with van der Waals surface area (Å²) in [6.45, 7) is 6.03. The molecular weight excluding hydrogens is 191 g/mol. The molecule has 0 aliphatic heterocycles. The van der Waals surface area contributed by atoms with Gasteiger partial charge in [0.1, 0.15) is 0 Å². The molecule has 0 radical (unpaired) electrons. The molecule has 0 atom stereocenters. The van der Waals surface area contributed by atoms with E-state index >= 15 is 0 Å². The first-order chi connectivity index (χ1) is 5.91. The van der Waals surface area contributed by atoms with E-state index in [1.54, 1.807) is 13.8 Å². The molecule has 0 aliphatic rings. The van der Waals surface area contributed by atoms with Crippen molar-refractivity contribution in [3.05, 3.63) is 0 Å². The molecule has 0 aromatic rings. The Hall–Kier alpha value is -0.568. The van der Waals surface area contributed by atoms with Crippen molar-refractivity contribution in [1.82, 2.24) is 0 Å². The monoisotopic (exact) mass is 204 g/mol. The third-order valence-corrected chi connectivity index (χ3v) is 2.72. The van der Waals surface area contributed by atoms with Gasteiger partial charge < -0.3 is 11.4 Å². The lowest BCUT2D eigenvalue weighted by atomic mass is 10.5. The van der Waals surface area contributed by atoms with E-state index in [4.69, 9.17) is 11.4 Å². The summed E-state index contributed by atoms with van der Waals surface area (Å²) >= 11 is -2.61. The van der Waals surface area contributed by atoms with E-state index < -0.39 is 27.1 Å². The summed E-state index contributed by atoms with van der Waals surface area (Å²) in [4.78, 5) is 21.1. The highest BCUT2D eigenvalue weighted by Gasteiger charge is 2.42.